The number of nitrogens with one attached hydrogen (secondary N) is 1. The van der Waals surface area contributed by atoms with E-state index >= 15 is 0 Å². The molecule has 4 aromatic rings. The van der Waals surface area contributed by atoms with Crippen LogP contribution in [0.25, 0.3) is 5.69 Å². The Bertz CT molecular complexity index is 1490. The van der Waals surface area contributed by atoms with E-state index in [9.17, 15) is 9.18 Å². The van der Waals surface area contributed by atoms with E-state index in [4.69, 9.17) is 4.98 Å². The lowest BCUT2D eigenvalue weighted by Gasteiger charge is -2.13. The minimum atomic E-state index is -0.560. The number of pyridine rings is 1. The van der Waals surface area contributed by atoms with Gasteiger partial charge in [-0.15, -0.1) is 10.2 Å². The van der Waals surface area contributed by atoms with Crippen molar-refractivity contribution in [2.75, 3.05) is 5.32 Å². The van der Waals surface area contributed by atoms with Gasteiger partial charge < -0.3 is 14.5 Å². The van der Waals surface area contributed by atoms with Crippen LogP contribution < -0.4 is 5.32 Å². The van der Waals surface area contributed by atoms with Gasteiger partial charge in [0.05, 0.1) is 28.8 Å². The summed E-state index contributed by atoms with van der Waals surface area (Å²) < 4.78 is 18.9. The number of halogens is 1. The summed E-state index contributed by atoms with van der Waals surface area (Å²) in [5.74, 6) is 1.12. The lowest BCUT2D eigenvalue weighted by Crippen LogP contribution is -2.17. The maximum Gasteiger partial charge on any atom is 0.259 e. The van der Waals surface area contributed by atoms with Crippen molar-refractivity contribution in [1.82, 2.24) is 29.3 Å². The van der Waals surface area contributed by atoms with E-state index in [1.54, 1.807) is 24.8 Å². The Labute approximate surface area is 201 Å². The quantitative estimate of drug-likeness (QED) is 0.472. The minimum absolute atomic E-state index is 0.00342. The van der Waals surface area contributed by atoms with Gasteiger partial charge in [-0.05, 0) is 62.4 Å². The second-order valence-electron chi connectivity index (χ2n) is 9.98. The molecule has 1 amide bonds. The van der Waals surface area contributed by atoms with Gasteiger partial charge in [-0.1, -0.05) is 6.07 Å². The molecule has 1 spiro atoms. The number of hydrogen-bond acceptors (Lipinski definition) is 5. The summed E-state index contributed by atoms with van der Waals surface area (Å²) in [6.45, 7) is 1.83. The van der Waals surface area contributed by atoms with Crippen molar-refractivity contribution in [1.29, 1.82) is 0 Å². The largest absolute Gasteiger partial charge is 0.311 e. The molecule has 3 aromatic heterocycles. The van der Waals surface area contributed by atoms with E-state index in [2.05, 4.69) is 25.1 Å². The van der Waals surface area contributed by atoms with Gasteiger partial charge in [-0.2, -0.15) is 0 Å². The number of benzene rings is 1. The highest BCUT2D eigenvalue weighted by Gasteiger charge is 2.60. The molecule has 1 N–H and O–H groups in total. The normalized spacial score (nSPS) is 22.4. The molecular formula is C26H24FN7O. The second kappa shape index (κ2) is 7.31. The monoisotopic (exact) mass is 469 g/mol. The van der Waals surface area contributed by atoms with Gasteiger partial charge in [0.1, 0.15) is 23.8 Å². The zero-order valence-electron chi connectivity index (χ0n) is 19.3. The number of nitrogens with zero attached hydrogens (tertiary/aromatic N) is 6. The molecule has 2 unspecified atom stereocenters. The highest BCUT2D eigenvalue weighted by molar-refractivity contribution is 6.04. The molecule has 0 radical (unpaired) electrons. The average molecular weight is 470 g/mol. The summed E-state index contributed by atoms with van der Waals surface area (Å²) in [6.07, 6.45) is 10.7. The van der Waals surface area contributed by atoms with Crippen LogP contribution in [0.3, 0.4) is 0 Å². The van der Waals surface area contributed by atoms with Gasteiger partial charge in [0, 0.05) is 30.1 Å². The van der Waals surface area contributed by atoms with Crippen molar-refractivity contribution in [3.63, 3.8) is 0 Å². The van der Waals surface area contributed by atoms with Crippen LogP contribution in [-0.2, 0) is 12.0 Å². The fourth-order valence-corrected chi connectivity index (χ4v) is 5.54. The van der Waals surface area contributed by atoms with Gasteiger partial charge >= 0.3 is 0 Å². The topological polar surface area (TPSA) is 90.5 Å². The lowest BCUT2D eigenvalue weighted by molar-refractivity contribution is 0.102. The van der Waals surface area contributed by atoms with E-state index in [0.29, 0.717) is 11.7 Å². The molecule has 35 heavy (non-hydrogen) atoms. The molecule has 2 saturated carbocycles. The summed E-state index contributed by atoms with van der Waals surface area (Å²) in [7, 11) is 0. The van der Waals surface area contributed by atoms with Crippen molar-refractivity contribution < 1.29 is 9.18 Å². The Kier molecular flexibility index (Phi) is 4.28. The molecule has 2 aliphatic carbocycles. The third kappa shape index (κ3) is 3.29. The van der Waals surface area contributed by atoms with E-state index < -0.39 is 11.7 Å². The summed E-state index contributed by atoms with van der Waals surface area (Å²) >= 11 is 0. The van der Waals surface area contributed by atoms with Crippen molar-refractivity contribution >= 4 is 11.7 Å². The van der Waals surface area contributed by atoms with Crippen LogP contribution in [0.4, 0.5) is 10.2 Å². The number of anilines is 1. The number of rotatable bonds is 5. The molecule has 3 aliphatic rings. The molecule has 9 heteroatoms. The number of hydrogen-bond donors (Lipinski definition) is 1. The highest BCUT2D eigenvalue weighted by Crippen LogP contribution is 2.62. The zero-order chi connectivity index (χ0) is 23.7. The summed E-state index contributed by atoms with van der Waals surface area (Å²) in [6, 6.07) is 8.59. The standard InChI is InChI=1S/C26H24FN7O/c1-15-9-19(27)17(10-22(15)33-12-21(28-13-33)16-5-6-16)25(35)31-23-4-2-3-20(30-23)18-11-26(18)8-7-24-32-29-14-34(24)26/h2-4,9-10,12-14,16,18H,5-8,11H2,1H3,(H,30,31,35). The van der Waals surface area contributed by atoms with E-state index in [-0.39, 0.29) is 17.0 Å². The first kappa shape index (κ1) is 20.5. The Morgan fingerprint density at radius 2 is 2.09 bits per heavy atom. The van der Waals surface area contributed by atoms with Gasteiger partial charge in [0.15, 0.2) is 0 Å². The number of imidazole rings is 1. The van der Waals surface area contributed by atoms with Crippen molar-refractivity contribution in [3.05, 3.63) is 83.3 Å². The van der Waals surface area contributed by atoms with Crippen LogP contribution in [0.15, 0.2) is 49.2 Å². The number of fused-ring (bicyclic) bond motifs is 2. The molecule has 4 heterocycles. The summed E-state index contributed by atoms with van der Waals surface area (Å²) in [5, 5.41) is 11.1. The van der Waals surface area contributed by atoms with Crippen LogP contribution in [-0.4, -0.2) is 35.2 Å². The van der Waals surface area contributed by atoms with Crippen molar-refractivity contribution in [3.8, 4) is 5.69 Å². The minimum Gasteiger partial charge on any atom is -0.311 e. The molecule has 0 bridgehead atoms. The van der Waals surface area contributed by atoms with Crippen LogP contribution in [0.5, 0.6) is 0 Å². The number of aryl methyl sites for hydroxylation is 2. The SMILES string of the molecule is Cc1cc(F)c(C(=O)Nc2cccc(C3CC34CCc3nncn34)n2)cc1-n1cnc(C2CC2)c1. The number of carbonyl (C=O) groups is 1. The molecule has 1 aromatic carbocycles. The van der Waals surface area contributed by atoms with Crippen LogP contribution in [0, 0.1) is 12.7 Å². The van der Waals surface area contributed by atoms with Crippen molar-refractivity contribution in [2.45, 2.75) is 56.4 Å². The van der Waals surface area contributed by atoms with Gasteiger partial charge in [-0.25, -0.2) is 14.4 Å². The Morgan fingerprint density at radius 1 is 1.20 bits per heavy atom. The molecule has 0 saturated heterocycles. The molecule has 7 rings (SSSR count). The third-order valence-electron chi connectivity index (χ3n) is 7.70. The Morgan fingerprint density at radius 3 is 2.94 bits per heavy atom. The molecular weight excluding hydrogens is 445 g/mol. The fraction of sp³-hybridized carbons (Fsp3) is 0.346. The smallest absolute Gasteiger partial charge is 0.259 e. The maximum atomic E-state index is 14.8. The van der Waals surface area contributed by atoms with E-state index in [0.717, 1.165) is 60.6 Å². The van der Waals surface area contributed by atoms with Gasteiger partial charge in [-0.3, -0.25) is 4.79 Å². The number of carbonyl (C=O) groups excluding carboxylic acids is 1. The third-order valence-corrected chi connectivity index (χ3v) is 7.70. The molecule has 176 valence electrons. The number of aromatic nitrogens is 6. The summed E-state index contributed by atoms with van der Waals surface area (Å²) in [4.78, 5) is 22.3. The first-order valence-electron chi connectivity index (χ1n) is 12.0. The second-order valence-corrected chi connectivity index (χ2v) is 9.98. The molecule has 8 nitrogen and oxygen atoms in total. The lowest BCUT2D eigenvalue weighted by atomic mass is 10.1. The average Bonchev–Trinajstić information content (AvgIpc) is 3.66. The molecule has 2 atom stereocenters. The first-order valence-corrected chi connectivity index (χ1v) is 12.0. The van der Waals surface area contributed by atoms with Crippen LogP contribution >= 0.6 is 0 Å². The maximum absolute atomic E-state index is 14.8. The molecule has 2 fully saturated rings. The highest BCUT2D eigenvalue weighted by atomic mass is 19.1. The van der Waals surface area contributed by atoms with Crippen LogP contribution in [0.2, 0.25) is 0 Å². The van der Waals surface area contributed by atoms with Crippen molar-refractivity contribution in [2.24, 2.45) is 0 Å². The predicted molar refractivity (Wildman–Crippen MR) is 126 cm³/mol. The molecule has 1 aliphatic heterocycles. The first-order chi connectivity index (χ1) is 17.0. The Hall–Kier alpha value is -3.88. The summed E-state index contributed by atoms with van der Waals surface area (Å²) in [5.41, 5.74) is 3.41. The van der Waals surface area contributed by atoms with Crippen LogP contribution in [0.1, 0.15) is 70.7 Å². The number of amides is 1. The predicted octanol–water partition coefficient (Wildman–Crippen LogP) is 4.27. The van der Waals surface area contributed by atoms with E-state index in [1.165, 1.54) is 6.07 Å². The van der Waals surface area contributed by atoms with E-state index in [1.807, 2.05) is 29.8 Å². The Balaban J connectivity index is 1.14. The zero-order valence-corrected chi connectivity index (χ0v) is 19.3. The fourth-order valence-electron chi connectivity index (χ4n) is 5.54. The van der Waals surface area contributed by atoms with Gasteiger partial charge in [0.25, 0.3) is 5.91 Å². The van der Waals surface area contributed by atoms with Gasteiger partial charge in [0.2, 0.25) is 0 Å².